The van der Waals surface area contributed by atoms with E-state index in [4.69, 9.17) is 17.5 Å². The first kappa shape index (κ1) is 22.5. The largest absolute Gasteiger partial charge is 2.00 e. The Morgan fingerprint density at radius 2 is 1.12 bits per heavy atom. The minimum absolute atomic E-state index is 0. The molecular weight excluding hydrogens is 258 g/mol. The van der Waals surface area contributed by atoms with E-state index in [0.29, 0.717) is 0 Å². The molecule has 40 valence electrons. The van der Waals surface area contributed by atoms with E-state index < -0.39 is 10.4 Å². The molecule has 0 aliphatic heterocycles. The molecule has 0 unspecified atom stereocenters. The van der Waals surface area contributed by atoms with Crippen LogP contribution in [0.15, 0.2) is 0 Å². The molecule has 0 rings (SSSR count). The monoisotopic (exact) mass is 258 g/mol. The fourth-order valence-corrected chi connectivity index (χ4v) is 0. The molecule has 0 aliphatic carbocycles. The van der Waals surface area contributed by atoms with Gasteiger partial charge in [0.25, 0.3) is 0 Å². The van der Waals surface area contributed by atoms with Gasteiger partial charge in [-0.05, 0) is 0 Å². The van der Waals surface area contributed by atoms with Gasteiger partial charge in [0.05, 0.1) is 0 Å². The zero-order valence-corrected chi connectivity index (χ0v) is 12.3. The summed E-state index contributed by atoms with van der Waals surface area (Å²) in [4.78, 5) is 0. The van der Waals surface area contributed by atoms with E-state index in [1.165, 1.54) is 0 Å². The van der Waals surface area contributed by atoms with Gasteiger partial charge in [-0.3, -0.25) is 8.42 Å². The van der Waals surface area contributed by atoms with Crippen LogP contribution in [0, 0.1) is 0 Å². The van der Waals surface area contributed by atoms with Crippen molar-refractivity contribution < 1.29 is 81.3 Å². The zero-order valence-electron chi connectivity index (χ0n) is 4.13. The molecule has 0 amide bonds. The quantitative estimate of drug-likeness (QED) is 0.245. The Morgan fingerprint density at radius 3 is 1.12 bits per heavy atom. The van der Waals surface area contributed by atoms with Crippen LogP contribution in [0.2, 0.25) is 0 Å². The van der Waals surface area contributed by atoms with E-state index in [1.54, 1.807) is 0 Å². The molecule has 0 saturated carbocycles. The average molecular weight is 258 g/mol. The smallest absolute Gasteiger partial charge is 1.00 e. The van der Waals surface area contributed by atoms with Crippen LogP contribution in [0.3, 0.4) is 0 Å². The Kier molecular flexibility index (Phi) is 28.9. The molecule has 0 aromatic heterocycles. The third-order valence-electron chi connectivity index (χ3n) is 0. The Bertz CT molecular complexity index is 99.2. The molecule has 0 bridgehead atoms. The first-order valence-corrected chi connectivity index (χ1v) is 2.00. The van der Waals surface area contributed by atoms with Gasteiger partial charge in [0.15, 0.2) is 0 Å². The molecule has 0 aromatic rings. The van der Waals surface area contributed by atoms with E-state index in [1.807, 2.05) is 0 Å². The summed E-state index contributed by atoms with van der Waals surface area (Å²) in [7, 11) is -5.17. The molecule has 0 spiro atoms. The molecule has 4 nitrogen and oxygen atoms in total. The van der Waals surface area contributed by atoms with Gasteiger partial charge in [0.2, 0.25) is 0 Å². The van der Waals surface area contributed by atoms with Crippen molar-refractivity contribution in [3.05, 3.63) is 0 Å². The van der Waals surface area contributed by atoms with Crippen molar-refractivity contribution in [2.45, 2.75) is 0 Å². The maximum atomic E-state index is 8.52. The van der Waals surface area contributed by atoms with Crippen LogP contribution in [0.25, 0.3) is 0 Å². The number of hydrogen-bond acceptors (Lipinski definition) is 4. The summed E-state index contributed by atoms with van der Waals surface area (Å²) in [5.74, 6) is 0. The number of hydrogen-bond donors (Lipinski definition) is 0. The van der Waals surface area contributed by atoms with Gasteiger partial charge in [0, 0.05) is 10.4 Å². The summed E-state index contributed by atoms with van der Waals surface area (Å²) in [5, 5.41) is 0. The molecule has 0 N–H and O–H groups in total. The molecule has 8 heavy (non-hydrogen) atoms. The maximum absolute atomic E-state index is 8.52. The predicted molar refractivity (Wildman–Crippen MR) is 16.2 cm³/mol. The van der Waals surface area contributed by atoms with Gasteiger partial charge in [-0.2, -0.15) is 0 Å². The molecule has 0 aliphatic rings. The maximum Gasteiger partial charge on any atom is 2.00 e. The van der Waals surface area contributed by atoms with Crippen molar-refractivity contribution in [2.75, 3.05) is 0 Å². The van der Waals surface area contributed by atoms with Crippen molar-refractivity contribution in [1.82, 2.24) is 0 Å². The van der Waals surface area contributed by atoms with Crippen molar-refractivity contribution >= 4 is 55.9 Å². The van der Waals surface area contributed by atoms with Crippen molar-refractivity contribution in [3.8, 4) is 0 Å². The second-order valence-electron chi connectivity index (χ2n) is 0.408. The Morgan fingerprint density at radius 1 is 1.12 bits per heavy atom. The van der Waals surface area contributed by atoms with E-state index in [0.717, 1.165) is 0 Å². The second-order valence-corrected chi connectivity index (χ2v) is 1.22. The van der Waals surface area contributed by atoms with Crippen LogP contribution in [0.4, 0.5) is 0 Å². The first-order chi connectivity index (χ1) is 2.00. The Hall–Kier alpha value is 3.28. The summed E-state index contributed by atoms with van der Waals surface area (Å²) in [6.45, 7) is 0. The predicted octanol–water partition coefficient (Wildman–Crippen LogP) is -7.71. The van der Waals surface area contributed by atoms with E-state index in [-0.39, 0.29) is 109 Å². The molecule has 8 heteroatoms. The standard InChI is InChI=1S/ClH.K.H2O4S.Sr/c;;1-5(2,3)4;/h1H;;(H2,1,2,3,4);/q;+1;;+2/p-3. The van der Waals surface area contributed by atoms with Gasteiger partial charge < -0.3 is 21.5 Å². The van der Waals surface area contributed by atoms with Crippen LogP contribution in [-0.2, 0) is 10.4 Å². The normalized spacial score (nSPS) is 7.25. The second kappa shape index (κ2) is 10.3. The van der Waals surface area contributed by atoms with E-state index in [9.17, 15) is 0 Å². The van der Waals surface area contributed by atoms with Crippen molar-refractivity contribution in [1.29, 1.82) is 0 Å². The fraction of sp³-hybridized carbons (Fsp3) is 0. The number of halogens is 1. The summed E-state index contributed by atoms with van der Waals surface area (Å²) >= 11 is 0. The Balaban J connectivity index is -0.0000000267. The van der Waals surface area contributed by atoms with Gasteiger partial charge in [-0.15, -0.1) is 0 Å². The summed E-state index contributed by atoms with van der Waals surface area (Å²) in [6, 6.07) is 0. The minimum Gasteiger partial charge on any atom is -1.00 e. The van der Waals surface area contributed by atoms with Gasteiger partial charge in [-0.1, -0.05) is 0 Å². The van der Waals surface area contributed by atoms with Crippen LogP contribution in [-0.4, -0.2) is 63.0 Å². The average Bonchev–Trinajstić information content (AvgIpc) is 0.722. The summed E-state index contributed by atoms with van der Waals surface area (Å²) < 4.78 is 34.1. The van der Waals surface area contributed by atoms with Gasteiger partial charge in [0.1, 0.15) is 0 Å². The summed E-state index contributed by atoms with van der Waals surface area (Å²) in [6.07, 6.45) is 0. The molecule has 0 fully saturated rings. The van der Waals surface area contributed by atoms with E-state index >= 15 is 0 Å². The Labute approximate surface area is 133 Å². The zero-order chi connectivity index (χ0) is 4.50. The van der Waals surface area contributed by atoms with Crippen LogP contribution < -0.4 is 63.8 Å². The third kappa shape index (κ3) is 59.2. The number of rotatable bonds is 0. The van der Waals surface area contributed by atoms with Crippen molar-refractivity contribution in [3.63, 3.8) is 0 Å². The fourth-order valence-electron chi connectivity index (χ4n) is 0. The summed E-state index contributed by atoms with van der Waals surface area (Å²) in [5.41, 5.74) is 0. The van der Waals surface area contributed by atoms with Crippen LogP contribution in [0.5, 0.6) is 0 Å². The SMILES string of the molecule is O=S(=O)([O-])[O-].[Cl-].[K+].[Sr+2]. The topological polar surface area (TPSA) is 80.3 Å². The molecule has 0 aromatic carbocycles. The van der Waals surface area contributed by atoms with Gasteiger partial charge in [-0.25, -0.2) is 0 Å². The molecule has 0 atom stereocenters. The van der Waals surface area contributed by atoms with Crippen LogP contribution in [0.1, 0.15) is 0 Å². The molecular formula is ClKO4SSr. The molecule has 0 radical (unpaired) electrons. The van der Waals surface area contributed by atoms with Crippen LogP contribution >= 0.6 is 0 Å². The first-order valence-electron chi connectivity index (χ1n) is 0.667. The minimum atomic E-state index is -5.17. The molecule has 0 heterocycles. The van der Waals surface area contributed by atoms with E-state index in [2.05, 4.69) is 0 Å². The third-order valence-corrected chi connectivity index (χ3v) is 0. The van der Waals surface area contributed by atoms with Crippen molar-refractivity contribution in [2.24, 2.45) is 0 Å². The molecule has 0 saturated heterocycles. The van der Waals surface area contributed by atoms with Gasteiger partial charge >= 0.3 is 96.9 Å².